The molecule has 4 aromatic rings. The summed E-state index contributed by atoms with van der Waals surface area (Å²) < 4.78 is 36.3. The molecule has 3 atom stereocenters. The van der Waals surface area contributed by atoms with Crippen molar-refractivity contribution < 1.29 is 18.3 Å². The van der Waals surface area contributed by atoms with Crippen molar-refractivity contribution in [2.24, 2.45) is 7.05 Å². The first-order valence-electron chi connectivity index (χ1n) is 13.2. The second kappa shape index (κ2) is 10.5. The number of carbonyl (C=O) groups excluding carboxylic acids is 1. The van der Waals surface area contributed by atoms with Crippen molar-refractivity contribution in [1.29, 1.82) is 0 Å². The molecule has 3 N–H and O–H groups in total. The standard InChI is InChI=1S/C27H31F2N9O2/c1-36-8-7-16(13-36)38-12-15(28)9-22(38)25(39)32-20-6-4-5-17-18(10-30-24(17)20)23-19(29)11-31-27(34-23)33-21-14-37(2)35-26(21)40-3/h4-6,10-11,14-16,22,30H,7-9,12-13H2,1-3H3,(H,32,39)(H,31,33,34). The van der Waals surface area contributed by atoms with E-state index in [0.29, 0.717) is 33.7 Å². The zero-order chi connectivity index (χ0) is 28.0. The van der Waals surface area contributed by atoms with Gasteiger partial charge >= 0.3 is 0 Å². The Morgan fingerprint density at radius 3 is 2.85 bits per heavy atom. The maximum atomic E-state index is 15.0. The van der Waals surface area contributed by atoms with E-state index in [9.17, 15) is 13.6 Å². The number of para-hydroxylation sites is 1. The third-order valence-electron chi connectivity index (χ3n) is 7.63. The topological polar surface area (TPSA) is 116 Å². The number of likely N-dealkylation sites (tertiary alicyclic amines) is 2. The number of aromatic nitrogens is 5. The van der Waals surface area contributed by atoms with Crippen LogP contribution in [0.15, 0.2) is 36.8 Å². The molecular formula is C27H31F2N9O2. The monoisotopic (exact) mass is 551 g/mol. The molecule has 3 aromatic heterocycles. The number of aromatic amines is 1. The van der Waals surface area contributed by atoms with Crippen molar-refractivity contribution in [2.45, 2.75) is 31.1 Å². The van der Waals surface area contributed by atoms with Crippen LogP contribution in [0, 0.1) is 5.82 Å². The predicted molar refractivity (Wildman–Crippen MR) is 147 cm³/mol. The Hall–Kier alpha value is -4.10. The number of nitrogens with one attached hydrogen (secondary N) is 3. The van der Waals surface area contributed by atoms with Crippen LogP contribution in [0.2, 0.25) is 0 Å². The van der Waals surface area contributed by atoms with Gasteiger partial charge in [0.15, 0.2) is 5.82 Å². The number of anilines is 3. The van der Waals surface area contributed by atoms with Crippen LogP contribution in [0.3, 0.4) is 0 Å². The third-order valence-corrected chi connectivity index (χ3v) is 7.63. The number of likely N-dealkylation sites (N-methyl/N-ethyl adjacent to an activating group) is 1. The van der Waals surface area contributed by atoms with Crippen LogP contribution in [0.4, 0.5) is 26.1 Å². The van der Waals surface area contributed by atoms with Crippen molar-refractivity contribution in [3.05, 3.63) is 42.6 Å². The van der Waals surface area contributed by atoms with E-state index in [2.05, 4.69) is 35.6 Å². The Kier molecular flexibility index (Phi) is 6.84. The summed E-state index contributed by atoms with van der Waals surface area (Å²) >= 11 is 0. The molecule has 2 fully saturated rings. The number of rotatable bonds is 7. The molecule has 210 valence electrons. The van der Waals surface area contributed by atoms with Crippen LogP contribution in [0.5, 0.6) is 5.88 Å². The Labute approximate surface area is 229 Å². The van der Waals surface area contributed by atoms with Crippen molar-refractivity contribution in [2.75, 3.05) is 44.4 Å². The number of benzene rings is 1. The fraction of sp³-hybridized carbons (Fsp3) is 0.407. The van der Waals surface area contributed by atoms with E-state index in [1.54, 1.807) is 36.3 Å². The number of nitrogens with zero attached hydrogens (tertiary/aromatic N) is 6. The summed E-state index contributed by atoms with van der Waals surface area (Å²) in [5, 5.41) is 10.9. The molecule has 0 radical (unpaired) electrons. The molecule has 2 aliphatic heterocycles. The zero-order valence-corrected chi connectivity index (χ0v) is 22.5. The van der Waals surface area contributed by atoms with Crippen LogP contribution in [-0.4, -0.2) is 92.5 Å². The smallest absolute Gasteiger partial charge is 0.256 e. The van der Waals surface area contributed by atoms with Gasteiger partial charge in [0.05, 0.1) is 36.7 Å². The van der Waals surface area contributed by atoms with Gasteiger partial charge in [-0.1, -0.05) is 12.1 Å². The minimum absolute atomic E-state index is 0.0858. The van der Waals surface area contributed by atoms with Crippen LogP contribution in [-0.2, 0) is 11.8 Å². The molecule has 13 heteroatoms. The second-order valence-electron chi connectivity index (χ2n) is 10.4. The minimum Gasteiger partial charge on any atom is -0.478 e. The van der Waals surface area contributed by atoms with Crippen LogP contribution < -0.4 is 15.4 Å². The van der Waals surface area contributed by atoms with E-state index in [0.717, 1.165) is 25.7 Å². The van der Waals surface area contributed by atoms with Crippen molar-refractivity contribution in [1.82, 2.24) is 34.5 Å². The molecule has 5 heterocycles. The molecule has 6 rings (SSSR count). The first-order valence-corrected chi connectivity index (χ1v) is 13.2. The maximum Gasteiger partial charge on any atom is 0.256 e. The minimum atomic E-state index is -1.04. The number of alkyl halides is 1. The number of hydrogen-bond acceptors (Lipinski definition) is 8. The van der Waals surface area contributed by atoms with Gasteiger partial charge in [0.1, 0.15) is 17.6 Å². The van der Waals surface area contributed by atoms with E-state index >= 15 is 0 Å². The summed E-state index contributed by atoms with van der Waals surface area (Å²) in [6.45, 7) is 2.02. The summed E-state index contributed by atoms with van der Waals surface area (Å²) in [6, 6.07) is 4.99. The molecule has 3 unspecified atom stereocenters. The van der Waals surface area contributed by atoms with Crippen LogP contribution in [0.1, 0.15) is 12.8 Å². The number of amides is 1. The lowest BCUT2D eigenvalue weighted by Gasteiger charge is -2.29. The van der Waals surface area contributed by atoms with Gasteiger partial charge in [0.25, 0.3) is 5.88 Å². The highest BCUT2D eigenvalue weighted by Crippen LogP contribution is 2.35. The average Bonchev–Trinajstić information content (AvgIpc) is 3.71. The van der Waals surface area contributed by atoms with Crippen LogP contribution in [0.25, 0.3) is 22.2 Å². The van der Waals surface area contributed by atoms with Crippen molar-refractivity contribution in [3.8, 4) is 17.1 Å². The molecule has 11 nitrogen and oxygen atoms in total. The number of carbonyl (C=O) groups is 1. The number of aryl methyl sites for hydroxylation is 1. The summed E-state index contributed by atoms with van der Waals surface area (Å²) in [5.41, 5.74) is 2.28. The van der Waals surface area contributed by atoms with E-state index in [-0.39, 0.29) is 36.6 Å². The highest BCUT2D eigenvalue weighted by Gasteiger charge is 2.42. The summed E-state index contributed by atoms with van der Waals surface area (Å²) in [5.74, 6) is -0.329. The van der Waals surface area contributed by atoms with Gasteiger partial charge in [0.2, 0.25) is 11.9 Å². The maximum absolute atomic E-state index is 15.0. The van der Waals surface area contributed by atoms with Gasteiger partial charge < -0.3 is 25.3 Å². The summed E-state index contributed by atoms with van der Waals surface area (Å²) in [6.07, 6.45) is 4.49. The number of H-pyrrole nitrogens is 1. The molecular weight excluding hydrogens is 520 g/mol. The quantitative estimate of drug-likeness (QED) is 0.321. The third kappa shape index (κ3) is 4.86. The molecule has 0 saturated carbocycles. The first kappa shape index (κ1) is 26.1. The van der Waals surface area contributed by atoms with Gasteiger partial charge in [-0.25, -0.2) is 18.7 Å². The number of fused-ring (bicyclic) bond motifs is 1. The molecule has 1 amide bonds. The summed E-state index contributed by atoms with van der Waals surface area (Å²) in [7, 11) is 5.29. The summed E-state index contributed by atoms with van der Waals surface area (Å²) in [4.78, 5) is 29.3. The number of hydrogen-bond donors (Lipinski definition) is 3. The molecule has 2 saturated heterocycles. The fourth-order valence-electron chi connectivity index (χ4n) is 5.76. The highest BCUT2D eigenvalue weighted by molar-refractivity contribution is 6.06. The largest absolute Gasteiger partial charge is 0.478 e. The Morgan fingerprint density at radius 2 is 2.08 bits per heavy atom. The van der Waals surface area contributed by atoms with E-state index in [1.165, 1.54) is 7.11 Å². The van der Waals surface area contributed by atoms with Gasteiger partial charge in [-0.3, -0.25) is 14.4 Å². The normalized spacial score (nSPS) is 21.8. The Bertz CT molecular complexity index is 1550. The Balaban J connectivity index is 1.26. The Morgan fingerprint density at radius 1 is 1.23 bits per heavy atom. The predicted octanol–water partition coefficient (Wildman–Crippen LogP) is 3.30. The van der Waals surface area contributed by atoms with Gasteiger partial charge in [-0.15, -0.1) is 5.10 Å². The van der Waals surface area contributed by atoms with Gasteiger partial charge in [-0.2, -0.15) is 0 Å². The molecule has 0 bridgehead atoms. The molecule has 0 aliphatic carbocycles. The van der Waals surface area contributed by atoms with Crippen LogP contribution >= 0.6 is 0 Å². The average molecular weight is 552 g/mol. The van der Waals surface area contributed by atoms with Gasteiger partial charge in [0, 0.05) is 49.7 Å². The van der Waals surface area contributed by atoms with E-state index in [4.69, 9.17) is 4.74 Å². The lowest BCUT2D eigenvalue weighted by molar-refractivity contribution is -0.121. The zero-order valence-electron chi connectivity index (χ0n) is 22.5. The fourth-order valence-corrected chi connectivity index (χ4v) is 5.76. The molecule has 2 aliphatic rings. The van der Waals surface area contributed by atoms with Gasteiger partial charge in [-0.05, 0) is 26.1 Å². The molecule has 0 spiro atoms. The molecule has 40 heavy (non-hydrogen) atoms. The second-order valence-corrected chi connectivity index (χ2v) is 10.4. The number of ether oxygens (including phenoxy) is 1. The first-order chi connectivity index (χ1) is 19.3. The molecule has 1 aromatic carbocycles. The van der Waals surface area contributed by atoms with Crippen molar-refractivity contribution in [3.63, 3.8) is 0 Å². The number of halogens is 2. The lowest BCUT2D eigenvalue weighted by atomic mass is 10.1. The lowest BCUT2D eigenvalue weighted by Crippen LogP contribution is -2.46. The van der Waals surface area contributed by atoms with E-state index in [1.807, 2.05) is 18.0 Å². The van der Waals surface area contributed by atoms with E-state index < -0.39 is 18.0 Å². The SMILES string of the molecule is COc1nn(C)cc1Nc1ncc(F)c(-c2c[nH]c3c(NC(=O)C4CC(F)CN4C4CCN(C)C4)cccc23)n1. The highest BCUT2D eigenvalue weighted by atomic mass is 19.1. The van der Waals surface area contributed by atoms with Crippen molar-refractivity contribution >= 4 is 34.1 Å². The number of methoxy groups -OCH3 is 1.